The van der Waals surface area contributed by atoms with E-state index in [2.05, 4.69) is 35.0 Å². The van der Waals surface area contributed by atoms with Gasteiger partial charge in [-0.3, -0.25) is 0 Å². The van der Waals surface area contributed by atoms with E-state index < -0.39 is 0 Å². The number of hydrogen-bond donors (Lipinski definition) is 2. The molecule has 0 saturated carbocycles. The summed E-state index contributed by atoms with van der Waals surface area (Å²) in [6, 6.07) is 6.34. The van der Waals surface area contributed by atoms with Gasteiger partial charge in [0.2, 0.25) is 0 Å². The van der Waals surface area contributed by atoms with Gasteiger partial charge in [0, 0.05) is 19.0 Å². The summed E-state index contributed by atoms with van der Waals surface area (Å²) in [4.78, 5) is 10.5. The number of H-pyrrole nitrogens is 1. The number of piperidine rings is 1. The number of benzene rings is 1. The third kappa shape index (κ3) is 2.65. The molecule has 0 spiro atoms. The predicted molar refractivity (Wildman–Crippen MR) is 76.3 cm³/mol. The third-order valence-corrected chi connectivity index (χ3v) is 3.96. The first-order chi connectivity index (χ1) is 9.26. The summed E-state index contributed by atoms with van der Waals surface area (Å²) >= 11 is 0. The fourth-order valence-electron chi connectivity index (χ4n) is 2.96. The minimum atomic E-state index is 0.242. The van der Waals surface area contributed by atoms with Crippen LogP contribution >= 0.6 is 0 Å². The number of aliphatic hydroxyl groups excluding tert-OH is 1. The van der Waals surface area contributed by atoms with Crippen molar-refractivity contribution in [3.8, 4) is 0 Å². The van der Waals surface area contributed by atoms with E-state index in [1.807, 2.05) is 0 Å². The zero-order chi connectivity index (χ0) is 13.2. The van der Waals surface area contributed by atoms with Crippen molar-refractivity contribution in [2.45, 2.75) is 25.7 Å². The molecule has 2 aromatic rings. The zero-order valence-electron chi connectivity index (χ0n) is 11.4. The number of nitrogens with zero attached hydrogens (tertiary/aromatic N) is 2. The Kier molecular flexibility index (Phi) is 3.53. The number of nitrogens with one attached hydrogen (secondary N) is 1. The molecule has 0 amide bonds. The van der Waals surface area contributed by atoms with E-state index in [-0.39, 0.29) is 6.61 Å². The Labute approximate surface area is 113 Å². The molecule has 0 bridgehead atoms. The molecule has 1 aliphatic rings. The molecule has 1 aliphatic heterocycles. The number of aromatic nitrogens is 2. The van der Waals surface area contributed by atoms with Crippen LogP contribution in [-0.4, -0.2) is 46.2 Å². The molecule has 2 heterocycles. The Balaban J connectivity index is 1.83. The molecule has 102 valence electrons. The number of imidazole rings is 1. The smallest absolute Gasteiger partial charge is 0.111 e. The lowest BCUT2D eigenvalue weighted by Gasteiger charge is -2.31. The topological polar surface area (TPSA) is 52.1 Å². The molecule has 0 radical (unpaired) electrons. The van der Waals surface area contributed by atoms with Crippen molar-refractivity contribution in [3.05, 3.63) is 29.6 Å². The Morgan fingerprint density at radius 3 is 3.21 bits per heavy atom. The lowest BCUT2D eigenvalue weighted by atomic mass is 9.97. The number of likely N-dealkylation sites (tertiary alicyclic amines) is 1. The number of aryl methyl sites for hydroxylation is 1. The van der Waals surface area contributed by atoms with Gasteiger partial charge in [-0.15, -0.1) is 0 Å². The summed E-state index contributed by atoms with van der Waals surface area (Å²) in [5, 5.41) is 9.06. The van der Waals surface area contributed by atoms with Crippen LogP contribution in [-0.2, 0) is 0 Å². The summed E-state index contributed by atoms with van der Waals surface area (Å²) in [6.07, 6.45) is 2.36. The molecule has 2 N–H and O–H groups in total. The summed E-state index contributed by atoms with van der Waals surface area (Å²) in [6.45, 7) is 5.21. The molecule has 1 saturated heterocycles. The molecule has 4 nitrogen and oxygen atoms in total. The average molecular weight is 259 g/mol. The molecule has 1 fully saturated rings. The average Bonchev–Trinajstić information content (AvgIpc) is 2.82. The number of hydrogen-bond acceptors (Lipinski definition) is 3. The molecule has 1 unspecified atom stereocenters. The first-order valence-corrected chi connectivity index (χ1v) is 7.06. The van der Waals surface area contributed by atoms with Crippen molar-refractivity contribution in [1.29, 1.82) is 0 Å². The third-order valence-electron chi connectivity index (χ3n) is 3.96. The number of β-amino-alcohol motifs (C(OH)–C–C–N with tert-alkyl or cyclic N) is 1. The molecule has 0 aliphatic carbocycles. The monoisotopic (exact) mass is 259 g/mol. The van der Waals surface area contributed by atoms with Gasteiger partial charge in [0.15, 0.2) is 0 Å². The van der Waals surface area contributed by atoms with Crippen LogP contribution in [0.2, 0.25) is 0 Å². The van der Waals surface area contributed by atoms with Crippen LogP contribution in [0.25, 0.3) is 11.0 Å². The van der Waals surface area contributed by atoms with Crippen molar-refractivity contribution in [2.24, 2.45) is 0 Å². The zero-order valence-corrected chi connectivity index (χ0v) is 11.4. The number of rotatable bonds is 3. The summed E-state index contributed by atoms with van der Waals surface area (Å²) < 4.78 is 0. The van der Waals surface area contributed by atoms with Gasteiger partial charge in [-0.2, -0.15) is 0 Å². The molecule has 4 heteroatoms. The van der Waals surface area contributed by atoms with E-state index in [0.717, 1.165) is 36.5 Å². The lowest BCUT2D eigenvalue weighted by Crippen LogP contribution is -2.36. The lowest BCUT2D eigenvalue weighted by molar-refractivity contribution is 0.159. The highest BCUT2D eigenvalue weighted by atomic mass is 16.3. The Bertz CT molecular complexity index is 562. The minimum absolute atomic E-state index is 0.242. The van der Waals surface area contributed by atoms with E-state index in [1.54, 1.807) is 0 Å². The maximum absolute atomic E-state index is 9.06. The first-order valence-electron chi connectivity index (χ1n) is 7.06. The van der Waals surface area contributed by atoms with Crippen LogP contribution in [0.4, 0.5) is 0 Å². The van der Waals surface area contributed by atoms with Crippen LogP contribution < -0.4 is 0 Å². The van der Waals surface area contributed by atoms with Crippen molar-refractivity contribution >= 4 is 11.0 Å². The van der Waals surface area contributed by atoms with Gasteiger partial charge in [-0.25, -0.2) is 4.98 Å². The highest BCUT2D eigenvalue weighted by molar-refractivity contribution is 5.75. The van der Waals surface area contributed by atoms with E-state index in [1.165, 1.54) is 18.4 Å². The van der Waals surface area contributed by atoms with Gasteiger partial charge >= 0.3 is 0 Å². The molecular formula is C15H21N3O. The first kappa shape index (κ1) is 12.6. The summed E-state index contributed by atoms with van der Waals surface area (Å²) in [5.74, 6) is 1.57. The second-order valence-electron chi connectivity index (χ2n) is 5.51. The maximum Gasteiger partial charge on any atom is 0.111 e. The standard InChI is InChI=1S/C15H21N3O/c1-11-4-5-13-14(9-11)17-15(16-13)12-3-2-6-18(10-12)7-8-19/h4-5,9,12,19H,2-3,6-8,10H2,1H3,(H,16,17). The largest absolute Gasteiger partial charge is 0.395 e. The quantitative estimate of drug-likeness (QED) is 0.887. The predicted octanol–water partition coefficient (Wildman–Crippen LogP) is 2.04. The van der Waals surface area contributed by atoms with Crippen LogP contribution in [0.15, 0.2) is 18.2 Å². The highest BCUT2D eigenvalue weighted by Gasteiger charge is 2.23. The summed E-state index contributed by atoms with van der Waals surface area (Å²) in [5.41, 5.74) is 3.45. The number of fused-ring (bicyclic) bond motifs is 1. The van der Waals surface area contributed by atoms with E-state index in [0.29, 0.717) is 5.92 Å². The molecule has 1 aromatic heterocycles. The van der Waals surface area contributed by atoms with Crippen LogP contribution in [0, 0.1) is 6.92 Å². The normalized spacial score (nSPS) is 21.1. The molecule has 3 rings (SSSR count). The summed E-state index contributed by atoms with van der Waals surface area (Å²) in [7, 11) is 0. The Morgan fingerprint density at radius 2 is 2.37 bits per heavy atom. The number of aliphatic hydroxyl groups is 1. The van der Waals surface area contributed by atoms with Gasteiger partial charge in [0.25, 0.3) is 0 Å². The highest BCUT2D eigenvalue weighted by Crippen LogP contribution is 2.26. The van der Waals surface area contributed by atoms with E-state index in [4.69, 9.17) is 10.1 Å². The van der Waals surface area contributed by atoms with Crippen molar-refractivity contribution in [3.63, 3.8) is 0 Å². The Hall–Kier alpha value is -1.39. The van der Waals surface area contributed by atoms with Crippen LogP contribution in [0.5, 0.6) is 0 Å². The van der Waals surface area contributed by atoms with Crippen molar-refractivity contribution < 1.29 is 5.11 Å². The molecule has 19 heavy (non-hydrogen) atoms. The molecular weight excluding hydrogens is 238 g/mol. The SMILES string of the molecule is Cc1ccc2nc(C3CCCN(CCO)C3)[nH]c2c1. The van der Waals surface area contributed by atoms with E-state index >= 15 is 0 Å². The fourth-order valence-corrected chi connectivity index (χ4v) is 2.96. The van der Waals surface area contributed by atoms with E-state index in [9.17, 15) is 0 Å². The fraction of sp³-hybridized carbons (Fsp3) is 0.533. The van der Waals surface area contributed by atoms with Gasteiger partial charge in [0.1, 0.15) is 5.82 Å². The van der Waals surface area contributed by atoms with Crippen molar-refractivity contribution in [1.82, 2.24) is 14.9 Å². The van der Waals surface area contributed by atoms with Gasteiger partial charge < -0.3 is 15.0 Å². The molecule has 1 aromatic carbocycles. The van der Waals surface area contributed by atoms with Gasteiger partial charge in [0.05, 0.1) is 17.6 Å². The van der Waals surface area contributed by atoms with Gasteiger partial charge in [-0.1, -0.05) is 6.07 Å². The number of aromatic amines is 1. The second-order valence-corrected chi connectivity index (χ2v) is 5.51. The maximum atomic E-state index is 9.06. The molecule has 1 atom stereocenters. The second kappa shape index (κ2) is 5.31. The van der Waals surface area contributed by atoms with Crippen LogP contribution in [0.3, 0.4) is 0 Å². The van der Waals surface area contributed by atoms with Gasteiger partial charge in [-0.05, 0) is 44.0 Å². The van der Waals surface area contributed by atoms with Crippen molar-refractivity contribution in [2.75, 3.05) is 26.2 Å². The minimum Gasteiger partial charge on any atom is -0.395 e. The van der Waals surface area contributed by atoms with Crippen LogP contribution in [0.1, 0.15) is 30.1 Å². The Morgan fingerprint density at radius 1 is 1.47 bits per heavy atom.